The van der Waals surface area contributed by atoms with E-state index < -0.39 is 0 Å². The van der Waals surface area contributed by atoms with Crippen LogP contribution < -0.4 is 0 Å². The molecular formula is C8H13BrN2O2Si. The molecule has 0 saturated carbocycles. The largest absolute Gasteiger partial charge is 0.361 e. The molecule has 1 heterocycles. The van der Waals surface area contributed by atoms with E-state index in [1.165, 1.54) is 12.2 Å². The van der Waals surface area contributed by atoms with E-state index in [9.17, 15) is 4.79 Å². The highest BCUT2D eigenvalue weighted by atomic mass is 79.9. The van der Waals surface area contributed by atoms with Gasteiger partial charge in [-0.2, -0.15) is 0 Å². The van der Waals surface area contributed by atoms with Crippen molar-refractivity contribution in [1.82, 2.24) is 9.55 Å². The Morgan fingerprint density at radius 1 is 1.79 bits per heavy atom. The molecule has 0 aliphatic heterocycles. The first-order valence-corrected chi connectivity index (χ1v) is 7.74. The highest BCUT2D eigenvalue weighted by Gasteiger charge is 2.05. The standard InChI is InChI=1S/C8H13BrN2O2Si/c1-14-3-2-13-6-11-7(5-12)4-10-8(11)9/h4-5H,2-3,6,14H2,1H3. The second-order valence-corrected chi connectivity index (χ2v) is 5.31. The lowest BCUT2D eigenvalue weighted by Crippen LogP contribution is -2.07. The van der Waals surface area contributed by atoms with Gasteiger partial charge in [0.2, 0.25) is 0 Å². The minimum Gasteiger partial charge on any atom is -0.361 e. The predicted molar refractivity (Wildman–Crippen MR) is 60.5 cm³/mol. The van der Waals surface area contributed by atoms with Crippen LogP contribution in [0.5, 0.6) is 0 Å². The summed E-state index contributed by atoms with van der Waals surface area (Å²) in [6.45, 7) is 3.40. The van der Waals surface area contributed by atoms with Gasteiger partial charge in [-0.25, -0.2) is 4.98 Å². The Morgan fingerprint density at radius 3 is 3.21 bits per heavy atom. The van der Waals surface area contributed by atoms with Crippen LogP contribution in [-0.2, 0) is 11.5 Å². The highest BCUT2D eigenvalue weighted by molar-refractivity contribution is 9.10. The molecule has 1 aromatic heterocycles. The summed E-state index contributed by atoms with van der Waals surface area (Å²) in [5, 5.41) is 0. The van der Waals surface area contributed by atoms with Gasteiger partial charge < -0.3 is 4.74 Å². The number of aromatic nitrogens is 2. The molecule has 0 aromatic carbocycles. The molecule has 4 nitrogen and oxygen atoms in total. The Kier molecular flexibility index (Phi) is 5.06. The molecular weight excluding hydrogens is 264 g/mol. The lowest BCUT2D eigenvalue weighted by Gasteiger charge is -2.06. The van der Waals surface area contributed by atoms with Gasteiger partial charge in [-0.3, -0.25) is 9.36 Å². The molecule has 0 unspecified atom stereocenters. The summed E-state index contributed by atoms with van der Waals surface area (Å²) in [7, 11) is 0.0711. The van der Waals surface area contributed by atoms with Crippen LogP contribution in [0.4, 0.5) is 0 Å². The molecule has 0 aliphatic rings. The summed E-state index contributed by atoms with van der Waals surface area (Å²) in [6.07, 6.45) is 2.30. The van der Waals surface area contributed by atoms with Crippen molar-refractivity contribution in [3.05, 3.63) is 16.6 Å². The van der Waals surface area contributed by atoms with E-state index in [2.05, 4.69) is 27.5 Å². The Morgan fingerprint density at radius 2 is 2.57 bits per heavy atom. The predicted octanol–water partition coefficient (Wildman–Crippen LogP) is 1.07. The first-order valence-electron chi connectivity index (χ1n) is 4.53. The number of rotatable bonds is 6. The van der Waals surface area contributed by atoms with E-state index >= 15 is 0 Å². The number of carbonyl (C=O) groups is 1. The fourth-order valence-electron chi connectivity index (χ4n) is 0.989. The normalized spacial score (nSPS) is 11.3. The van der Waals surface area contributed by atoms with E-state index in [-0.39, 0.29) is 9.52 Å². The van der Waals surface area contributed by atoms with Gasteiger partial charge in [-0.05, 0) is 22.0 Å². The number of hydrogen-bond acceptors (Lipinski definition) is 3. The third kappa shape index (κ3) is 3.04. The monoisotopic (exact) mass is 276 g/mol. The maximum atomic E-state index is 10.6. The average molecular weight is 277 g/mol. The zero-order valence-electron chi connectivity index (χ0n) is 8.07. The molecule has 14 heavy (non-hydrogen) atoms. The summed E-state index contributed by atoms with van der Waals surface area (Å²) >= 11 is 3.25. The molecule has 0 radical (unpaired) electrons. The Balaban J connectivity index is 2.48. The number of aldehydes is 1. The molecule has 0 spiro atoms. The Hall–Kier alpha value is -0.463. The quantitative estimate of drug-likeness (QED) is 0.444. The van der Waals surface area contributed by atoms with Crippen molar-refractivity contribution in [2.45, 2.75) is 19.3 Å². The smallest absolute Gasteiger partial charge is 0.179 e. The summed E-state index contributed by atoms with van der Waals surface area (Å²) in [6, 6.07) is 1.17. The van der Waals surface area contributed by atoms with Gasteiger partial charge in [0.1, 0.15) is 12.4 Å². The van der Waals surface area contributed by atoms with Gasteiger partial charge in [0.25, 0.3) is 0 Å². The molecule has 6 heteroatoms. The molecule has 0 bridgehead atoms. The van der Waals surface area contributed by atoms with Crippen LogP contribution in [0.2, 0.25) is 12.6 Å². The number of hydrogen-bond donors (Lipinski definition) is 0. The second-order valence-electron chi connectivity index (χ2n) is 2.89. The highest BCUT2D eigenvalue weighted by Crippen LogP contribution is 2.10. The Bertz CT molecular complexity index is 304. The van der Waals surface area contributed by atoms with Crippen molar-refractivity contribution < 1.29 is 9.53 Å². The number of carbonyl (C=O) groups excluding carboxylic acids is 1. The number of imidazole rings is 1. The van der Waals surface area contributed by atoms with Crippen LogP contribution in [0, 0.1) is 0 Å². The summed E-state index contributed by atoms with van der Waals surface area (Å²) in [5.74, 6) is 0. The van der Waals surface area contributed by atoms with E-state index in [1.807, 2.05) is 0 Å². The molecule has 0 N–H and O–H groups in total. The van der Waals surface area contributed by atoms with Crippen LogP contribution in [-0.4, -0.2) is 32.0 Å². The molecule has 0 fully saturated rings. The van der Waals surface area contributed by atoms with Crippen molar-refractivity contribution in [3.8, 4) is 0 Å². The fraction of sp³-hybridized carbons (Fsp3) is 0.500. The second kappa shape index (κ2) is 6.10. The zero-order chi connectivity index (χ0) is 10.4. The number of nitrogens with zero attached hydrogens (tertiary/aromatic N) is 2. The summed E-state index contributed by atoms with van der Waals surface area (Å²) < 4.78 is 7.74. The maximum Gasteiger partial charge on any atom is 0.179 e. The van der Waals surface area contributed by atoms with Crippen LogP contribution in [0.15, 0.2) is 10.9 Å². The maximum absolute atomic E-state index is 10.6. The molecule has 0 atom stereocenters. The van der Waals surface area contributed by atoms with Crippen molar-refractivity contribution in [1.29, 1.82) is 0 Å². The van der Waals surface area contributed by atoms with Crippen LogP contribution in [0.3, 0.4) is 0 Å². The van der Waals surface area contributed by atoms with Crippen LogP contribution in [0.1, 0.15) is 10.5 Å². The molecule has 1 aromatic rings. The average Bonchev–Trinajstić information content (AvgIpc) is 2.55. The molecule has 0 saturated heterocycles. The summed E-state index contributed by atoms with van der Waals surface area (Å²) in [5.41, 5.74) is 0.533. The minimum atomic E-state index is 0.0711. The number of ether oxygens (including phenoxy) is 1. The van der Waals surface area contributed by atoms with Gasteiger partial charge >= 0.3 is 0 Å². The number of halogens is 1. The van der Waals surface area contributed by atoms with E-state index in [1.54, 1.807) is 4.57 Å². The molecule has 78 valence electrons. The van der Waals surface area contributed by atoms with Crippen molar-refractivity contribution in [2.24, 2.45) is 0 Å². The van der Waals surface area contributed by atoms with E-state index in [0.29, 0.717) is 17.2 Å². The van der Waals surface area contributed by atoms with Gasteiger partial charge in [0, 0.05) is 16.1 Å². The van der Waals surface area contributed by atoms with Gasteiger partial charge in [-0.15, -0.1) is 0 Å². The van der Waals surface area contributed by atoms with Crippen LogP contribution >= 0.6 is 15.9 Å². The van der Waals surface area contributed by atoms with E-state index in [4.69, 9.17) is 4.74 Å². The summed E-state index contributed by atoms with van der Waals surface area (Å²) in [4.78, 5) is 14.6. The van der Waals surface area contributed by atoms with Crippen molar-refractivity contribution >= 4 is 31.7 Å². The van der Waals surface area contributed by atoms with Gasteiger partial charge in [-0.1, -0.05) is 6.55 Å². The Labute approximate surface area is 93.6 Å². The molecule has 1 rings (SSSR count). The third-order valence-electron chi connectivity index (χ3n) is 1.82. The van der Waals surface area contributed by atoms with Gasteiger partial charge in [0.15, 0.2) is 11.0 Å². The lowest BCUT2D eigenvalue weighted by molar-refractivity contribution is 0.0826. The minimum absolute atomic E-state index is 0.0711. The molecule has 0 aliphatic carbocycles. The zero-order valence-corrected chi connectivity index (χ0v) is 11.1. The third-order valence-corrected chi connectivity index (χ3v) is 3.45. The van der Waals surface area contributed by atoms with Crippen LogP contribution in [0.25, 0.3) is 0 Å². The van der Waals surface area contributed by atoms with E-state index in [0.717, 1.165) is 12.9 Å². The first kappa shape index (κ1) is 11.6. The van der Waals surface area contributed by atoms with Crippen molar-refractivity contribution in [2.75, 3.05) is 6.61 Å². The van der Waals surface area contributed by atoms with Crippen molar-refractivity contribution in [3.63, 3.8) is 0 Å². The fourth-order valence-corrected chi connectivity index (χ4v) is 1.89. The van der Waals surface area contributed by atoms with Gasteiger partial charge in [0.05, 0.1) is 6.20 Å². The lowest BCUT2D eigenvalue weighted by atomic mass is 10.5. The first-order chi connectivity index (χ1) is 6.79. The SMILES string of the molecule is C[SiH2]CCOCn1c(C=O)cnc1Br. The molecule has 0 amide bonds. The topological polar surface area (TPSA) is 44.1 Å².